The molecular formula is C19H23FN4OS. The average Bonchev–Trinajstić information content (AvgIpc) is 2.91. The van der Waals surface area contributed by atoms with Crippen molar-refractivity contribution in [2.45, 2.75) is 26.8 Å². The lowest BCUT2D eigenvalue weighted by Gasteiger charge is -2.17. The molecule has 138 valence electrons. The lowest BCUT2D eigenvalue weighted by molar-refractivity contribution is 0.186. The molecule has 2 aromatic rings. The van der Waals surface area contributed by atoms with Crippen molar-refractivity contribution in [1.29, 1.82) is 0 Å². The summed E-state index contributed by atoms with van der Waals surface area (Å²) in [7, 11) is 1.67. The zero-order valence-electron chi connectivity index (χ0n) is 15.4. The number of aromatic nitrogens is 1. The van der Waals surface area contributed by atoms with E-state index in [1.54, 1.807) is 31.0 Å². The van der Waals surface area contributed by atoms with Gasteiger partial charge in [0.05, 0.1) is 24.0 Å². The van der Waals surface area contributed by atoms with Crippen molar-refractivity contribution in [3.8, 4) is 5.69 Å². The van der Waals surface area contributed by atoms with E-state index in [1.807, 2.05) is 31.4 Å². The smallest absolute Gasteiger partial charge is 0.177 e. The number of ether oxygens (including phenoxy) is 1. The maximum Gasteiger partial charge on any atom is 0.177 e. The maximum absolute atomic E-state index is 14.2. The van der Waals surface area contributed by atoms with Gasteiger partial charge in [-0.1, -0.05) is 23.9 Å². The molecule has 1 aromatic carbocycles. The molecule has 1 N–H and O–H groups in total. The molecule has 5 nitrogen and oxygen atoms in total. The number of nitrogens with one attached hydrogen (secondary N) is 1. The van der Waals surface area contributed by atoms with Crippen LogP contribution in [0.25, 0.3) is 5.69 Å². The number of para-hydroxylation sites is 1. The van der Waals surface area contributed by atoms with Crippen LogP contribution in [0.5, 0.6) is 0 Å². The fourth-order valence-electron chi connectivity index (χ4n) is 3.06. The van der Waals surface area contributed by atoms with Gasteiger partial charge < -0.3 is 9.30 Å². The van der Waals surface area contributed by atoms with Crippen LogP contribution in [0.2, 0.25) is 0 Å². The number of hydrogen-bond acceptors (Lipinski definition) is 4. The Morgan fingerprint density at radius 3 is 2.81 bits per heavy atom. The van der Waals surface area contributed by atoms with Gasteiger partial charge in [-0.15, -0.1) is 0 Å². The Hall–Kier alpha value is -2.12. The van der Waals surface area contributed by atoms with E-state index in [0.717, 1.165) is 27.8 Å². The highest BCUT2D eigenvalue weighted by Gasteiger charge is 2.20. The van der Waals surface area contributed by atoms with Gasteiger partial charge in [-0.3, -0.25) is 10.4 Å². The number of benzene rings is 1. The van der Waals surface area contributed by atoms with Crippen LogP contribution in [-0.2, 0) is 4.74 Å². The molecule has 1 aliphatic heterocycles. The highest BCUT2D eigenvalue weighted by atomic mass is 32.2. The van der Waals surface area contributed by atoms with Crippen LogP contribution in [0.15, 0.2) is 40.4 Å². The van der Waals surface area contributed by atoms with Gasteiger partial charge in [0.2, 0.25) is 0 Å². The van der Waals surface area contributed by atoms with E-state index in [2.05, 4.69) is 21.6 Å². The third-order valence-corrected chi connectivity index (χ3v) is 5.10. The summed E-state index contributed by atoms with van der Waals surface area (Å²) in [6, 6.07) is 8.95. The first-order valence-corrected chi connectivity index (χ1v) is 9.46. The predicted molar refractivity (Wildman–Crippen MR) is 106 cm³/mol. The van der Waals surface area contributed by atoms with Crippen LogP contribution in [0.3, 0.4) is 0 Å². The molecule has 7 heteroatoms. The maximum atomic E-state index is 14.2. The number of amidine groups is 1. The Morgan fingerprint density at radius 1 is 1.38 bits per heavy atom. The van der Waals surface area contributed by atoms with Crippen LogP contribution < -0.4 is 5.43 Å². The van der Waals surface area contributed by atoms with E-state index in [0.29, 0.717) is 18.0 Å². The Labute approximate surface area is 157 Å². The Kier molecular flexibility index (Phi) is 5.78. The van der Waals surface area contributed by atoms with E-state index >= 15 is 0 Å². The summed E-state index contributed by atoms with van der Waals surface area (Å²) in [5.74, 6) is 0.480. The minimum atomic E-state index is -0.236. The summed E-state index contributed by atoms with van der Waals surface area (Å²) in [6.07, 6.45) is 0. The second kappa shape index (κ2) is 8.05. The van der Waals surface area contributed by atoms with E-state index in [9.17, 15) is 4.39 Å². The first-order chi connectivity index (χ1) is 12.5. The molecule has 3 rings (SSSR count). The normalized spacial score (nSPS) is 17.1. The molecule has 0 fully saturated rings. The molecule has 0 unspecified atom stereocenters. The van der Waals surface area contributed by atoms with Crippen molar-refractivity contribution in [3.05, 3.63) is 53.1 Å². The fourth-order valence-corrected chi connectivity index (χ4v) is 3.92. The average molecular weight is 374 g/mol. The standard InChI is InChI=1S/C19H23FN4OS/c1-12(10-25-4)21-19-23-22-17(11-26-19)15-9-13(2)24(14(15)3)18-8-6-5-7-16(18)20/h5-9,12H,10-11H2,1-4H3,(H,21,23)/t12-/m0/s1. The number of hydrogen-bond donors (Lipinski definition) is 1. The molecule has 2 heterocycles. The molecule has 0 bridgehead atoms. The molecule has 0 saturated heterocycles. The molecule has 1 aliphatic rings. The van der Waals surface area contributed by atoms with Crippen molar-refractivity contribution in [2.24, 2.45) is 10.1 Å². The number of hydrazone groups is 1. The predicted octanol–water partition coefficient (Wildman–Crippen LogP) is 3.66. The van der Waals surface area contributed by atoms with E-state index in [4.69, 9.17) is 4.74 Å². The lowest BCUT2D eigenvalue weighted by atomic mass is 10.1. The number of thioether (sulfide) groups is 1. The molecule has 0 saturated carbocycles. The molecule has 1 aromatic heterocycles. The van der Waals surface area contributed by atoms with Gasteiger partial charge in [0, 0.05) is 29.8 Å². The molecule has 1 atom stereocenters. The Balaban J connectivity index is 1.87. The second-order valence-electron chi connectivity index (χ2n) is 6.27. The van der Waals surface area contributed by atoms with Gasteiger partial charge in [-0.25, -0.2) is 4.39 Å². The van der Waals surface area contributed by atoms with Gasteiger partial charge in [0.15, 0.2) is 5.17 Å². The van der Waals surface area contributed by atoms with Crippen LogP contribution in [0.1, 0.15) is 23.9 Å². The monoisotopic (exact) mass is 374 g/mol. The number of aliphatic imine (C=N–C) groups is 1. The minimum Gasteiger partial charge on any atom is -0.382 e. The third kappa shape index (κ3) is 3.83. The van der Waals surface area contributed by atoms with Crippen molar-refractivity contribution in [1.82, 2.24) is 9.99 Å². The number of aryl methyl sites for hydroxylation is 1. The van der Waals surface area contributed by atoms with Gasteiger partial charge in [0.25, 0.3) is 0 Å². The molecule has 0 radical (unpaired) electrons. The summed E-state index contributed by atoms with van der Waals surface area (Å²) in [5, 5.41) is 5.29. The highest BCUT2D eigenvalue weighted by Crippen LogP contribution is 2.25. The SMILES string of the molecule is COC[C@H](C)N=C1NN=C(c2cc(C)n(-c3ccccc3F)c2C)CS1. The van der Waals surface area contributed by atoms with E-state index < -0.39 is 0 Å². The Bertz CT molecular complexity index is 859. The summed E-state index contributed by atoms with van der Waals surface area (Å²) < 4.78 is 21.3. The van der Waals surface area contributed by atoms with E-state index in [-0.39, 0.29) is 11.9 Å². The summed E-state index contributed by atoms with van der Waals surface area (Å²) >= 11 is 1.61. The lowest BCUT2D eigenvalue weighted by Crippen LogP contribution is -2.27. The van der Waals surface area contributed by atoms with Gasteiger partial charge in [0.1, 0.15) is 5.82 Å². The number of nitrogens with zero attached hydrogens (tertiary/aromatic N) is 3. The minimum absolute atomic E-state index is 0.0814. The van der Waals surface area contributed by atoms with Crippen LogP contribution in [0.4, 0.5) is 4.39 Å². The second-order valence-corrected chi connectivity index (χ2v) is 7.23. The van der Waals surface area contributed by atoms with Crippen LogP contribution >= 0.6 is 11.8 Å². The quantitative estimate of drug-likeness (QED) is 0.869. The third-order valence-electron chi connectivity index (χ3n) is 4.21. The molecule has 0 aliphatic carbocycles. The topological polar surface area (TPSA) is 50.9 Å². The molecule has 0 amide bonds. The molecular weight excluding hydrogens is 351 g/mol. The van der Waals surface area contributed by atoms with Gasteiger partial charge >= 0.3 is 0 Å². The summed E-state index contributed by atoms with van der Waals surface area (Å²) in [5.41, 5.74) is 7.49. The Morgan fingerprint density at radius 2 is 2.15 bits per heavy atom. The van der Waals surface area contributed by atoms with Gasteiger partial charge in [-0.05, 0) is 39.0 Å². The summed E-state index contributed by atoms with van der Waals surface area (Å²) in [6.45, 7) is 6.55. The first-order valence-electron chi connectivity index (χ1n) is 8.47. The zero-order chi connectivity index (χ0) is 18.7. The molecule has 0 spiro atoms. The zero-order valence-corrected chi connectivity index (χ0v) is 16.2. The van der Waals surface area contributed by atoms with Crippen LogP contribution in [-0.4, -0.2) is 41.0 Å². The molecule has 26 heavy (non-hydrogen) atoms. The van der Waals surface area contributed by atoms with Crippen molar-refractivity contribution in [2.75, 3.05) is 19.5 Å². The number of halogens is 1. The van der Waals surface area contributed by atoms with Gasteiger partial charge in [-0.2, -0.15) is 5.10 Å². The highest BCUT2D eigenvalue weighted by molar-refractivity contribution is 8.14. The van der Waals surface area contributed by atoms with E-state index in [1.165, 1.54) is 6.07 Å². The largest absolute Gasteiger partial charge is 0.382 e. The van der Waals surface area contributed by atoms with Crippen LogP contribution in [0, 0.1) is 19.7 Å². The number of rotatable bonds is 5. The van der Waals surface area contributed by atoms with Crippen molar-refractivity contribution in [3.63, 3.8) is 0 Å². The number of methoxy groups -OCH3 is 1. The first kappa shape index (κ1) is 18.7. The van der Waals surface area contributed by atoms with Crippen molar-refractivity contribution < 1.29 is 9.13 Å². The van der Waals surface area contributed by atoms with Crippen molar-refractivity contribution >= 4 is 22.6 Å². The summed E-state index contributed by atoms with van der Waals surface area (Å²) in [4.78, 5) is 4.54. The fraction of sp³-hybridized carbons (Fsp3) is 0.368.